The highest BCUT2D eigenvalue weighted by atomic mass is 32.2. The SMILES string of the molecule is CCS(=O)(=O)N(CC(=O)N/N=C\c1ccccc1OC)c1ccc(OC)cc1. The number of hydrogen-bond acceptors (Lipinski definition) is 6. The van der Waals surface area contributed by atoms with Crippen molar-refractivity contribution in [1.82, 2.24) is 5.43 Å². The van der Waals surface area contributed by atoms with Gasteiger partial charge in [-0.05, 0) is 43.3 Å². The Kier molecular flexibility index (Phi) is 7.39. The number of methoxy groups -OCH3 is 2. The molecule has 1 N–H and O–H groups in total. The Labute approximate surface area is 164 Å². The van der Waals surface area contributed by atoms with Crippen LogP contribution in [0.4, 0.5) is 5.69 Å². The van der Waals surface area contributed by atoms with Gasteiger partial charge in [0.2, 0.25) is 10.0 Å². The smallest absolute Gasteiger partial charge is 0.260 e. The van der Waals surface area contributed by atoms with Crippen LogP contribution in [0.15, 0.2) is 53.6 Å². The number of hydrazone groups is 1. The number of nitrogens with one attached hydrogen (secondary N) is 1. The number of sulfonamides is 1. The first-order valence-corrected chi connectivity index (χ1v) is 10.1. The minimum absolute atomic E-state index is 0.142. The van der Waals surface area contributed by atoms with Crippen molar-refractivity contribution in [2.24, 2.45) is 5.10 Å². The Hall–Kier alpha value is -3.07. The summed E-state index contributed by atoms with van der Waals surface area (Å²) < 4.78 is 36.2. The molecule has 0 atom stereocenters. The van der Waals surface area contributed by atoms with Crippen molar-refractivity contribution in [2.45, 2.75) is 6.92 Å². The second kappa shape index (κ2) is 9.75. The molecule has 0 fully saturated rings. The molecule has 9 heteroatoms. The van der Waals surface area contributed by atoms with Gasteiger partial charge in [0, 0.05) is 5.56 Å². The molecule has 0 bridgehead atoms. The third-order valence-corrected chi connectivity index (χ3v) is 5.62. The van der Waals surface area contributed by atoms with E-state index in [2.05, 4.69) is 10.5 Å². The average Bonchev–Trinajstić information content (AvgIpc) is 2.72. The van der Waals surface area contributed by atoms with Crippen LogP contribution in [0.2, 0.25) is 0 Å². The van der Waals surface area contributed by atoms with Crippen molar-refractivity contribution >= 4 is 27.8 Å². The summed E-state index contributed by atoms with van der Waals surface area (Å²) in [6, 6.07) is 13.6. The van der Waals surface area contributed by atoms with E-state index in [4.69, 9.17) is 9.47 Å². The molecule has 0 aliphatic rings. The third-order valence-electron chi connectivity index (χ3n) is 3.88. The number of carbonyl (C=O) groups excluding carboxylic acids is 1. The minimum atomic E-state index is -3.66. The first-order valence-electron chi connectivity index (χ1n) is 8.50. The van der Waals surface area contributed by atoms with E-state index < -0.39 is 22.5 Å². The number of rotatable bonds is 9. The molecule has 0 aromatic heterocycles. The van der Waals surface area contributed by atoms with E-state index in [-0.39, 0.29) is 5.75 Å². The molecule has 0 saturated heterocycles. The van der Waals surface area contributed by atoms with Crippen molar-refractivity contribution in [1.29, 1.82) is 0 Å². The largest absolute Gasteiger partial charge is 0.497 e. The maximum absolute atomic E-state index is 12.4. The highest BCUT2D eigenvalue weighted by Crippen LogP contribution is 2.22. The van der Waals surface area contributed by atoms with Crippen molar-refractivity contribution in [3.8, 4) is 11.5 Å². The lowest BCUT2D eigenvalue weighted by atomic mass is 10.2. The van der Waals surface area contributed by atoms with E-state index in [1.165, 1.54) is 27.4 Å². The lowest BCUT2D eigenvalue weighted by molar-refractivity contribution is -0.119. The van der Waals surface area contributed by atoms with E-state index >= 15 is 0 Å². The van der Waals surface area contributed by atoms with Gasteiger partial charge in [0.25, 0.3) is 5.91 Å². The Morgan fingerprint density at radius 2 is 1.79 bits per heavy atom. The van der Waals surface area contributed by atoms with Gasteiger partial charge in [-0.2, -0.15) is 5.10 Å². The summed E-state index contributed by atoms with van der Waals surface area (Å²) in [5.41, 5.74) is 3.39. The first kappa shape index (κ1) is 21.2. The zero-order valence-electron chi connectivity index (χ0n) is 16.0. The standard InChI is InChI=1S/C19H23N3O5S/c1-4-28(24,25)22(16-9-11-17(26-2)12-10-16)14-19(23)21-20-13-15-7-5-6-8-18(15)27-3/h5-13H,4,14H2,1-3H3,(H,21,23)/b20-13-. The van der Waals surface area contributed by atoms with Crippen molar-refractivity contribution in [3.05, 3.63) is 54.1 Å². The number of para-hydroxylation sites is 1. The molecule has 28 heavy (non-hydrogen) atoms. The van der Waals surface area contributed by atoms with E-state index in [9.17, 15) is 13.2 Å². The number of ether oxygens (including phenoxy) is 2. The van der Waals surface area contributed by atoms with Crippen LogP contribution in [-0.4, -0.2) is 47.1 Å². The molecular formula is C19H23N3O5S. The van der Waals surface area contributed by atoms with Gasteiger partial charge in [0.15, 0.2) is 0 Å². The zero-order valence-corrected chi connectivity index (χ0v) is 16.8. The van der Waals surface area contributed by atoms with Gasteiger partial charge in [0.05, 0.1) is 31.9 Å². The number of carbonyl (C=O) groups is 1. The number of hydrogen-bond donors (Lipinski definition) is 1. The summed E-state index contributed by atoms with van der Waals surface area (Å²) in [6.45, 7) is 1.12. The third kappa shape index (κ3) is 5.46. The van der Waals surface area contributed by atoms with E-state index in [0.717, 1.165) is 4.31 Å². The highest BCUT2D eigenvalue weighted by Gasteiger charge is 2.23. The van der Waals surface area contributed by atoms with Crippen molar-refractivity contribution < 1.29 is 22.7 Å². The molecule has 1 amide bonds. The van der Waals surface area contributed by atoms with Gasteiger partial charge in [-0.1, -0.05) is 12.1 Å². The zero-order chi connectivity index (χ0) is 20.6. The molecule has 0 saturated carbocycles. The van der Waals surface area contributed by atoms with Crippen LogP contribution in [0.25, 0.3) is 0 Å². The van der Waals surface area contributed by atoms with E-state index in [1.54, 1.807) is 36.4 Å². The molecule has 0 aliphatic carbocycles. The van der Waals surface area contributed by atoms with Crippen molar-refractivity contribution in [3.63, 3.8) is 0 Å². The first-order chi connectivity index (χ1) is 13.4. The Morgan fingerprint density at radius 1 is 1.11 bits per heavy atom. The summed E-state index contributed by atoms with van der Waals surface area (Å²) in [4.78, 5) is 12.3. The lowest BCUT2D eigenvalue weighted by Gasteiger charge is -2.23. The van der Waals surface area contributed by atoms with E-state index in [0.29, 0.717) is 22.7 Å². The Balaban J connectivity index is 2.13. The van der Waals surface area contributed by atoms with E-state index in [1.807, 2.05) is 12.1 Å². The van der Waals surface area contributed by atoms with Crippen LogP contribution >= 0.6 is 0 Å². The molecule has 150 valence electrons. The molecule has 0 aliphatic heterocycles. The molecule has 2 rings (SSSR count). The van der Waals surface area contributed by atoms with Gasteiger partial charge < -0.3 is 9.47 Å². The maximum atomic E-state index is 12.4. The summed E-state index contributed by atoms with van der Waals surface area (Å²) in [7, 11) is -0.604. The van der Waals surface area contributed by atoms with Gasteiger partial charge in [0.1, 0.15) is 18.0 Å². The van der Waals surface area contributed by atoms with Crippen LogP contribution in [0, 0.1) is 0 Å². The summed E-state index contributed by atoms with van der Waals surface area (Å²) in [5.74, 6) is 0.480. The molecule has 2 aromatic rings. The lowest BCUT2D eigenvalue weighted by Crippen LogP contribution is -2.40. The van der Waals surface area contributed by atoms with Crippen LogP contribution in [0.1, 0.15) is 12.5 Å². The predicted octanol–water partition coefficient (Wildman–Crippen LogP) is 2.01. The molecule has 0 radical (unpaired) electrons. The topological polar surface area (TPSA) is 97.3 Å². The van der Waals surface area contributed by atoms with Gasteiger partial charge in [-0.3, -0.25) is 9.10 Å². The summed E-state index contributed by atoms with van der Waals surface area (Å²) in [6.07, 6.45) is 1.43. The summed E-state index contributed by atoms with van der Waals surface area (Å²) >= 11 is 0. The fourth-order valence-electron chi connectivity index (χ4n) is 2.37. The predicted molar refractivity (Wildman–Crippen MR) is 109 cm³/mol. The Morgan fingerprint density at radius 3 is 2.39 bits per heavy atom. The minimum Gasteiger partial charge on any atom is -0.497 e. The van der Waals surface area contributed by atoms with Crippen LogP contribution in [0.5, 0.6) is 11.5 Å². The quantitative estimate of drug-likeness (QED) is 0.508. The van der Waals surface area contributed by atoms with Gasteiger partial charge in [-0.15, -0.1) is 0 Å². The summed E-state index contributed by atoms with van der Waals surface area (Å²) in [5, 5.41) is 3.89. The average molecular weight is 405 g/mol. The molecule has 0 unspecified atom stereocenters. The fourth-order valence-corrected chi connectivity index (χ4v) is 3.44. The second-order valence-corrected chi connectivity index (χ2v) is 7.82. The number of nitrogens with zero attached hydrogens (tertiary/aromatic N) is 2. The number of benzene rings is 2. The number of amides is 1. The monoisotopic (exact) mass is 405 g/mol. The fraction of sp³-hybridized carbons (Fsp3) is 0.263. The van der Waals surface area contributed by atoms with Gasteiger partial charge in [-0.25, -0.2) is 13.8 Å². The van der Waals surface area contributed by atoms with Gasteiger partial charge >= 0.3 is 0 Å². The normalized spacial score (nSPS) is 11.2. The molecule has 0 spiro atoms. The second-order valence-electron chi connectivity index (χ2n) is 5.64. The molecule has 2 aromatic carbocycles. The van der Waals surface area contributed by atoms with Crippen LogP contribution in [0.3, 0.4) is 0 Å². The Bertz CT molecular complexity index is 927. The number of anilines is 1. The maximum Gasteiger partial charge on any atom is 0.260 e. The van der Waals surface area contributed by atoms with Crippen LogP contribution in [-0.2, 0) is 14.8 Å². The van der Waals surface area contributed by atoms with Crippen LogP contribution < -0.4 is 19.2 Å². The molecule has 8 nitrogen and oxygen atoms in total. The van der Waals surface area contributed by atoms with Crippen molar-refractivity contribution in [2.75, 3.05) is 30.8 Å². The molecular weight excluding hydrogens is 382 g/mol. The molecule has 0 heterocycles. The highest BCUT2D eigenvalue weighted by molar-refractivity contribution is 7.92.